The molecule has 7 heteroatoms. The number of pyridine rings is 1. The topological polar surface area (TPSA) is 93.2 Å². The third-order valence-electron chi connectivity index (χ3n) is 4.49. The number of likely N-dealkylation sites (tertiary alicyclic amines) is 1. The second-order valence-corrected chi connectivity index (χ2v) is 5.98. The first-order chi connectivity index (χ1) is 11.2. The largest absolute Gasteiger partial charge is 0.382 e. The van der Waals surface area contributed by atoms with Gasteiger partial charge in [-0.15, -0.1) is 0 Å². The highest BCUT2D eigenvalue weighted by Gasteiger charge is 2.39. The molecular formula is C16H16N6O. The van der Waals surface area contributed by atoms with E-state index < -0.39 is 5.60 Å². The van der Waals surface area contributed by atoms with Gasteiger partial charge in [0.2, 0.25) is 0 Å². The molecule has 1 unspecified atom stereocenters. The molecule has 0 amide bonds. The SMILES string of the molecule is N#Cc1c(CN2CCC(O)(c3cn[nH]n3)C2)cn2ccccc12. The summed E-state index contributed by atoms with van der Waals surface area (Å²) in [5.41, 5.74) is 2.18. The van der Waals surface area contributed by atoms with Crippen LogP contribution in [0.1, 0.15) is 23.2 Å². The van der Waals surface area contributed by atoms with Crippen molar-refractivity contribution < 1.29 is 5.11 Å². The molecule has 0 radical (unpaired) electrons. The highest BCUT2D eigenvalue weighted by molar-refractivity contribution is 5.65. The molecule has 1 fully saturated rings. The van der Waals surface area contributed by atoms with Crippen molar-refractivity contribution in [2.24, 2.45) is 0 Å². The van der Waals surface area contributed by atoms with E-state index in [4.69, 9.17) is 0 Å². The number of fused-ring (bicyclic) bond motifs is 1. The van der Waals surface area contributed by atoms with Crippen LogP contribution in [-0.2, 0) is 12.1 Å². The van der Waals surface area contributed by atoms with Crippen molar-refractivity contribution in [2.75, 3.05) is 13.1 Å². The third-order valence-corrected chi connectivity index (χ3v) is 4.49. The molecule has 2 N–H and O–H groups in total. The molecule has 1 aliphatic heterocycles. The van der Waals surface area contributed by atoms with Gasteiger partial charge in [-0.25, -0.2) is 0 Å². The number of hydrogen-bond acceptors (Lipinski definition) is 5. The maximum Gasteiger partial charge on any atom is 0.124 e. The molecule has 1 aliphatic rings. The van der Waals surface area contributed by atoms with Crippen molar-refractivity contribution in [3.63, 3.8) is 0 Å². The van der Waals surface area contributed by atoms with Crippen LogP contribution in [0.5, 0.6) is 0 Å². The Hall–Kier alpha value is -2.69. The summed E-state index contributed by atoms with van der Waals surface area (Å²) in [7, 11) is 0. The van der Waals surface area contributed by atoms with E-state index >= 15 is 0 Å². The van der Waals surface area contributed by atoms with E-state index in [0.717, 1.165) is 17.6 Å². The van der Waals surface area contributed by atoms with E-state index in [1.54, 1.807) is 6.20 Å². The van der Waals surface area contributed by atoms with Crippen LogP contribution in [0.3, 0.4) is 0 Å². The minimum Gasteiger partial charge on any atom is -0.382 e. The van der Waals surface area contributed by atoms with Crippen molar-refractivity contribution in [2.45, 2.75) is 18.6 Å². The van der Waals surface area contributed by atoms with Gasteiger partial charge in [-0.3, -0.25) is 4.90 Å². The number of β-amino-alcohol motifs (C(OH)–C–C–N with tert-alkyl or cyclic N) is 1. The first kappa shape index (κ1) is 13.9. The lowest BCUT2D eigenvalue weighted by Gasteiger charge is -2.20. The summed E-state index contributed by atoms with van der Waals surface area (Å²) in [4.78, 5) is 2.14. The summed E-state index contributed by atoms with van der Waals surface area (Å²) >= 11 is 0. The van der Waals surface area contributed by atoms with Crippen molar-refractivity contribution in [1.82, 2.24) is 24.7 Å². The molecule has 0 saturated carbocycles. The van der Waals surface area contributed by atoms with Crippen LogP contribution in [0.15, 0.2) is 36.8 Å². The van der Waals surface area contributed by atoms with Crippen LogP contribution in [0, 0.1) is 11.3 Å². The van der Waals surface area contributed by atoms with E-state index in [9.17, 15) is 10.4 Å². The van der Waals surface area contributed by atoms with Crippen molar-refractivity contribution in [1.29, 1.82) is 5.26 Å². The second kappa shape index (κ2) is 5.19. The highest BCUT2D eigenvalue weighted by Crippen LogP contribution is 2.31. The molecule has 116 valence electrons. The normalized spacial score (nSPS) is 21.7. The lowest BCUT2D eigenvalue weighted by Crippen LogP contribution is -2.31. The summed E-state index contributed by atoms with van der Waals surface area (Å²) in [5, 5.41) is 30.5. The van der Waals surface area contributed by atoms with Gasteiger partial charge >= 0.3 is 0 Å². The third kappa shape index (κ3) is 2.29. The molecule has 0 bridgehead atoms. The molecule has 1 saturated heterocycles. The Labute approximate surface area is 132 Å². The van der Waals surface area contributed by atoms with Gasteiger partial charge in [0.1, 0.15) is 17.4 Å². The standard InChI is InChI=1S/C16H16N6O/c17-7-13-12(10-22-5-2-1-3-14(13)22)9-21-6-4-16(23,11-21)15-8-18-20-19-15/h1-3,5,8,10,23H,4,6,9,11H2,(H,18,19,20). The Kier molecular flexibility index (Phi) is 3.15. The summed E-state index contributed by atoms with van der Waals surface area (Å²) in [6.45, 7) is 1.86. The minimum absolute atomic E-state index is 0.483. The number of rotatable bonds is 3. The molecule has 4 heterocycles. The first-order valence-electron chi connectivity index (χ1n) is 7.49. The molecule has 0 spiro atoms. The zero-order valence-corrected chi connectivity index (χ0v) is 12.5. The predicted octanol–water partition coefficient (Wildman–Crippen LogP) is 1.02. The maximum atomic E-state index is 10.7. The monoisotopic (exact) mass is 308 g/mol. The average Bonchev–Trinajstić information content (AvgIpc) is 3.26. The number of aromatic amines is 1. The van der Waals surface area contributed by atoms with Crippen LogP contribution in [0.4, 0.5) is 0 Å². The number of aliphatic hydroxyl groups is 1. The molecule has 1 atom stereocenters. The maximum absolute atomic E-state index is 10.7. The van der Waals surface area contributed by atoms with Crippen molar-refractivity contribution in [3.8, 4) is 6.07 Å². The van der Waals surface area contributed by atoms with Crippen LogP contribution >= 0.6 is 0 Å². The Bertz CT molecular complexity index is 878. The van der Waals surface area contributed by atoms with Gasteiger partial charge in [0.15, 0.2) is 0 Å². The van der Waals surface area contributed by atoms with Crippen LogP contribution < -0.4 is 0 Å². The van der Waals surface area contributed by atoms with Gasteiger partial charge < -0.3 is 9.51 Å². The minimum atomic E-state index is -0.973. The molecule has 3 aromatic rings. The number of aromatic nitrogens is 4. The molecule has 23 heavy (non-hydrogen) atoms. The van der Waals surface area contributed by atoms with Gasteiger partial charge in [-0.1, -0.05) is 6.07 Å². The van der Waals surface area contributed by atoms with Gasteiger partial charge in [0.05, 0.1) is 17.3 Å². The summed E-state index contributed by atoms with van der Waals surface area (Å²) < 4.78 is 1.97. The molecule has 0 aliphatic carbocycles. The van der Waals surface area contributed by atoms with Gasteiger partial charge in [-0.05, 0) is 18.6 Å². The second-order valence-electron chi connectivity index (χ2n) is 5.98. The van der Waals surface area contributed by atoms with E-state index in [1.165, 1.54) is 0 Å². The zero-order chi connectivity index (χ0) is 15.9. The smallest absolute Gasteiger partial charge is 0.124 e. The van der Waals surface area contributed by atoms with Crippen molar-refractivity contribution >= 4 is 5.52 Å². The Morgan fingerprint density at radius 2 is 2.35 bits per heavy atom. The van der Waals surface area contributed by atoms with E-state index in [0.29, 0.717) is 30.8 Å². The van der Waals surface area contributed by atoms with Crippen LogP contribution in [0.25, 0.3) is 5.52 Å². The van der Waals surface area contributed by atoms with E-state index in [-0.39, 0.29) is 0 Å². The molecule has 7 nitrogen and oxygen atoms in total. The lowest BCUT2D eigenvalue weighted by molar-refractivity contribution is 0.0408. The number of hydrogen-bond donors (Lipinski definition) is 2. The van der Waals surface area contributed by atoms with Gasteiger partial charge in [-0.2, -0.15) is 20.7 Å². The number of nitrogens with zero attached hydrogens (tertiary/aromatic N) is 5. The summed E-state index contributed by atoms with van der Waals surface area (Å²) in [6, 6.07) is 8.12. The predicted molar refractivity (Wildman–Crippen MR) is 82.3 cm³/mol. The number of H-pyrrole nitrogens is 1. The quantitative estimate of drug-likeness (QED) is 0.753. The van der Waals surface area contributed by atoms with Crippen LogP contribution in [-0.4, -0.2) is 42.9 Å². The van der Waals surface area contributed by atoms with Crippen LogP contribution in [0.2, 0.25) is 0 Å². The zero-order valence-electron chi connectivity index (χ0n) is 12.5. The molecule has 3 aromatic heterocycles. The van der Waals surface area contributed by atoms with E-state index in [2.05, 4.69) is 26.4 Å². The summed E-state index contributed by atoms with van der Waals surface area (Å²) in [5.74, 6) is 0. The molecule has 0 aromatic carbocycles. The first-order valence-corrected chi connectivity index (χ1v) is 7.49. The number of nitriles is 1. The number of nitrogens with one attached hydrogen (secondary N) is 1. The summed E-state index contributed by atoms with van der Waals surface area (Å²) in [6.07, 6.45) is 6.10. The Morgan fingerprint density at radius 1 is 1.43 bits per heavy atom. The highest BCUT2D eigenvalue weighted by atomic mass is 16.3. The Morgan fingerprint density at radius 3 is 3.13 bits per heavy atom. The lowest BCUT2D eigenvalue weighted by atomic mass is 10.00. The fourth-order valence-electron chi connectivity index (χ4n) is 3.31. The van der Waals surface area contributed by atoms with Gasteiger partial charge in [0.25, 0.3) is 0 Å². The Balaban J connectivity index is 1.59. The fourth-order valence-corrected chi connectivity index (χ4v) is 3.31. The fraction of sp³-hybridized carbons (Fsp3) is 0.312. The van der Waals surface area contributed by atoms with Gasteiger partial charge in [0, 0.05) is 37.6 Å². The molecule has 4 rings (SSSR count). The molecular weight excluding hydrogens is 292 g/mol. The average molecular weight is 308 g/mol. The van der Waals surface area contributed by atoms with Crippen molar-refractivity contribution in [3.05, 3.63) is 53.6 Å². The van der Waals surface area contributed by atoms with E-state index in [1.807, 2.05) is 35.0 Å².